The van der Waals surface area contributed by atoms with Crippen molar-refractivity contribution in [3.63, 3.8) is 0 Å². The standard InChI is InChI=1S/C35H33ClF5N3O4/c1-46-27-13-10-23(11-14-27)21-47-30-9-5-8-29(30)43-33(45)44-34(19-22-6-3-2-4-7-22,31-15-12-25(36)20-42-31)24-16-26(37)18-28(17-24)48-35(40,41)32(38)39/h2-4,6-7,10-18,20,29-30,32H,5,8-9,19,21H2,1H3,(H2,43,44,45)/t29?,30-,34+/m1/s1. The Morgan fingerprint density at radius 2 is 1.73 bits per heavy atom. The Hall–Kier alpha value is -4.42. The maximum Gasteiger partial charge on any atom is 0.461 e. The van der Waals surface area contributed by atoms with Crippen LogP contribution in [-0.2, 0) is 23.3 Å². The van der Waals surface area contributed by atoms with Gasteiger partial charge in [0.25, 0.3) is 0 Å². The van der Waals surface area contributed by atoms with E-state index in [1.54, 1.807) is 37.4 Å². The van der Waals surface area contributed by atoms with E-state index in [0.29, 0.717) is 36.8 Å². The number of ether oxygens (including phenoxy) is 3. The highest BCUT2D eigenvalue weighted by Gasteiger charge is 2.45. The number of carbonyl (C=O) groups excluding carboxylic acids is 1. The molecule has 2 amide bonds. The van der Waals surface area contributed by atoms with Crippen LogP contribution in [0.15, 0.2) is 91.1 Å². The van der Waals surface area contributed by atoms with Gasteiger partial charge < -0.3 is 24.8 Å². The van der Waals surface area contributed by atoms with Crippen molar-refractivity contribution in [2.24, 2.45) is 0 Å². The number of amides is 2. The van der Waals surface area contributed by atoms with Gasteiger partial charge in [-0.3, -0.25) is 4.98 Å². The van der Waals surface area contributed by atoms with Gasteiger partial charge in [-0.1, -0.05) is 54.1 Å². The summed E-state index contributed by atoms with van der Waals surface area (Å²) in [5.41, 5.74) is -0.0742. The monoisotopic (exact) mass is 689 g/mol. The Morgan fingerprint density at radius 3 is 2.40 bits per heavy atom. The highest BCUT2D eigenvalue weighted by atomic mass is 35.5. The molecule has 1 aliphatic rings. The van der Waals surface area contributed by atoms with Crippen LogP contribution in [0.25, 0.3) is 0 Å². The van der Waals surface area contributed by atoms with E-state index in [1.807, 2.05) is 24.3 Å². The molecule has 48 heavy (non-hydrogen) atoms. The van der Waals surface area contributed by atoms with Crippen molar-refractivity contribution in [1.29, 1.82) is 0 Å². The molecule has 4 aromatic rings. The Balaban J connectivity index is 1.48. The maximum absolute atomic E-state index is 15.1. The van der Waals surface area contributed by atoms with Gasteiger partial charge in [0, 0.05) is 18.7 Å². The summed E-state index contributed by atoms with van der Waals surface area (Å²) in [5, 5.41) is 6.15. The van der Waals surface area contributed by atoms with Gasteiger partial charge in [-0.2, -0.15) is 17.6 Å². The van der Waals surface area contributed by atoms with Crippen molar-refractivity contribution in [2.45, 2.75) is 62.5 Å². The van der Waals surface area contributed by atoms with Crippen LogP contribution in [0.5, 0.6) is 11.5 Å². The molecule has 13 heteroatoms. The van der Waals surface area contributed by atoms with Gasteiger partial charge in [0.05, 0.1) is 36.6 Å². The first-order valence-electron chi connectivity index (χ1n) is 15.1. The average Bonchev–Trinajstić information content (AvgIpc) is 3.50. The number of nitrogens with zero attached hydrogens (tertiary/aromatic N) is 1. The largest absolute Gasteiger partial charge is 0.497 e. The molecule has 0 bridgehead atoms. The van der Waals surface area contributed by atoms with Crippen molar-refractivity contribution in [1.82, 2.24) is 15.6 Å². The summed E-state index contributed by atoms with van der Waals surface area (Å²) >= 11 is 6.13. The lowest BCUT2D eigenvalue weighted by Gasteiger charge is -2.36. The van der Waals surface area contributed by atoms with Crippen molar-refractivity contribution in [3.05, 3.63) is 124 Å². The van der Waals surface area contributed by atoms with E-state index in [0.717, 1.165) is 24.1 Å². The number of alkyl halides is 4. The molecule has 1 fully saturated rings. The van der Waals surface area contributed by atoms with E-state index < -0.39 is 41.7 Å². The van der Waals surface area contributed by atoms with E-state index in [1.165, 1.54) is 18.3 Å². The van der Waals surface area contributed by atoms with E-state index >= 15 is 4.39 Å². The van der Waals surface area contributed by atoms with Gasteiger partial charge in [0.1, 0.15) is 22.9 Å². The van der Waals surface area contributed by atoms with Crippen molar-refractivity contribution in [3.8, 4) is 11.5 Å². The predicted molar refractivity (Wildman–Crippen MR) is 169 cm³/mol. The minimum Gasteiger partial charge on any atom is -0.497 e. The lowest BCUT2D eigenvalue weighted by molar-refractivity contribution is -0.253. The summed E-state index contributed by atoms with van der Waals surface area (Å²) in [6.07, 6.45) is -6.03. The first kappa shape index (κ1) is 34.9. The molecule has 1 aliphatic carbocycles. The SMILES string of the molecule is COc1ccc(CO[C@@H]2CCCC2NC(=O)N[C@@](Cc2ccccc2)(c2cc(F)cc(OC(F)(F)C(F)F)c2)c2ccc(Cl)cn2)cc1. The fraction of sp³-hybridized carbons (Fsp3) is 0.314. The number of nitrogens with one attached hydrogen (secondary N) is 2. The third kappa shape index (κ3) is 8.53. The molecular formula is C35H33ClF5N3O4. The molecule has 1 saturated carbocycles. The summed E-state index contributed by atoms with van der Waals surface area (Å²) in [7, 11) is 1.58. The summed E-state index contributed by atoms with van der Waals surface area (Å²) in [5.74, 6) is -1.22. The third-order valence-corrected chi connectivity index (χ3v) is 8.29. The zero-order chi connectivity index (χ0) is 34.3. The lowest BCUT2D eigenvalue weighted by Crippen LogP contribution is -2.55. The zero-order valence-electron chi connectivity index (χ0n) is 25.8. The van der Waals surface area contributed by atoms with Gasteiger partial charge >= 0.3 is 18.6 Å². The topological polar surface area (TPSA) is 81.7 Å². The van der Waals surface area contributed by atoms with Crippen LogP contribution in [0.4, 0.5) is 26.7 Å². The number of methoxy groups -OCH3 is 1. The number of halogens is 6. The van der Waals surface area contributed by atoms with E-state index in [2.05, 4.69) is 20.4 Å². The molecule has 7 nitrogen and oxygen atoms in total. The smallest absolute Gasteiger partial charge is 0.461 e. The second-order valence-electron chi connectivity index (χ2n) is 11.4. The Labute approximate surface area is 279 Å². The number of pyridine rings is 1. The normalized spacial score (nSPS) is 17.5. The zero-order valence-corrected chi connectivity index (χ0v) is 26.5. The lowest BCUT2D eigenvalue weighted by atomic mass is 9.80. The summed E-state index contributed by atoms with van der Waals surface area (Å²) < 4.78 is 84.8. The van der Waals surface area contributed by atoms with E-state index in [9.17, 15) is 22.4 Å². The molecular weight excluding hydrogens is 657 g/mol. The first-order valence-corrected chi connectivity index (χ1v) is 15.5. The van der Waals surface area contributed by atoms with Crippen LogP contribution in [-0.4, -0.2) is 42.8 Å². The van der Waals surface area contributed by atoms with Crippen molar-refractivity contribution >= 4 is 17.6 Å². The van der Waals surface area contributed by atoms with Crippen LogP contribution >= 0.6 is 11.6 Å². The van der Waals surface area contributed by atoms with Crippen LogP contribution in [0.1, 0.15) is 41.6 Å². The highest BCUT2D eigenvalue weighted by Crippen LogP contribution is 2.37. The van der Waals surface area contributed by atoms with Crippen molar-refractivity contribution < 1.29 is 41.0 Å². The van der Waals surface area contributed by atoms with E-state index in [-0.39, 0.29) is 28.8 Å². The summed E-state index contributed by atoms with van der Waals surface area (Å²) in [4.78, 5) is 18.3. The number of carbonyl (C=O) groups is 1. The molecule has 3 atom stereocenters. The second kappa shape index (κ2) is 15.2. The van der Waals surface area contributed by atoms with Crippen LogP contribution in [0.2, 0.25) is 5.02 Å². The number of urea groups is 1. The Kier molecular flexibility index (Phi) is 11.1. The van der Waals surface area contributed by atoms with Gasteiger partial charge in [-0.25, -0.2) is 9.18 Å². The van der Waals surface area contributed by atoms with Gasteiger partial charge in [-0.05, 0) is 72.4 Å². The summed E-state index contributed by atoms with van der Waals surface area (Å²) in [6, 6.07) is 20.7. The number of hydrogen-bond donors (Lipinski definition) is 2. The number of hydrogen-bond acceptors (Lipinski definition) is 5. The van der Waals surface area contributed by atoms with Gasteiger partial charge in [0.15, 0.2) is 0 Å². The molecule has 0 saturated heterocycles. The van der Waals surface area contributed by atoms with Crippen LogP contribution in [0, 0.1) is 5.82 Å². The minimum absolute atomic E-state index is 0.0495. The Bertz CT molecular complexity index is 1670. The predicted octanol–water partition coefficient (Wildman–Crippen LogP) is 8.04. The third-order valence-electron chi connectivity index (χ3n) is 8.07. The molecule has 1 aromatic heterocycles. The molecule has 254 valence electrons. The molecule has 2 N–H and O–H groups in total. The first-order chi connectivity index (χ1) is 23.0. The molecule has 3 aromatic carbocycles. The van der Waals surface area contributed by atoms with E-state index in [4.69, 9.17) is 21.1 Å². The molecule has 5 rings (SSSR count). The number of rotatable bonds is 13. The number of aromatic nitrogens is 1. The van der Waals surface area contributed by atoms with Gasteiger partial charge in [-0.15, -0.1) is 0 Å². The fourth-order valence-corrected chi connectivity index (χ4v) is 5.85. The van der Waals surface area contributed by atoms with Gasteiger partial charge in [0.2, 0.25) is 0 Å². The van der Waals surface area contributed by atoms with Crippen molar-refractivity contribution in [2.75, 3.05) is 7.11 Å². The molecule has 1 unspecified atom stereocenters. The van der Waals surface area contributed by atoms with Crippen LogP contribution < -0.4 is 20.1 Å². The Morgan fingerprint density at radius 1 is 0.979 bits per heavy atom. The summed E-state index contributed by atoms with van der Waals surface area (Å²) in [6.45, 7) is 0.302. The quantitative estimate of drug-likeness (QED) is 0.139. The molecule has 0 spiro atoms. The van der Waals surface area contributed by atoms with Crippen LogP contribution in [0.3, 0.4) is 0 Å². The average molecular weight is 690 g/mol. The second-order valence-corrected chi connectivity index (χ2v) is 11.8. The highest BCUT2D eigenvalue weighted by molar-refractivity contribution is 6.30. The maximum atomic E-state index is 15.1. The number of benzene rings is 3. The molecule has 0 aliphatic heterocycles. The molecule has 1 heterocycles. The fourth-order valence-electron chi connectivity index (χ4n) is 5.73. The molecule has 0 radical (unpaired) electrons. The minimum atomic E-state index is -4.90.